The van der Waals surface area contributed by atoms with Gasteiger partial charge in [-0.15, -0.1) is 0 Å². The van der Waals surface area contributed by atoms with Crippen molar-refractivity contribution in [1.29, 1.82) is 0 Å². The van der Waals surface area contributed by atoms with Crippen LogP contribution in [0.3, 0.4) is 0 Å². The first-order valence-electron chi connectivity index (χ1n) is 7.45. The Labute approximate surface area is 136 Å². The predicted octanol–water partition coefficient (Wildman–Crippen LogP) is 0.0372. The predicted molar refractivity (Wildman–Crippen MR) is 87.4 cm³/mol. The average molecular weight is 333 g/mol. The lowest BCUT2D eigenvalue weighted by molar-refractivity contribution is -0.143. The lowest BCUT2D eigenvalue weighted by Crippen LogP contribution is -2.37. The average Bonchev–Trinajstić information content (AvgIpc) is 3.06. The normalized spacial score (nSPS) is 12.9. The number of ether oxygens (including phenoxy) is 1. The van der Waals surface area contributed by atoms with Crippen molar-refractivity contribution in [2.24, 2.45) is 14.1 Å². The van der Waals surface area contributed by atoms with Gasteiger partial charge in [-0.3, -0.25) is 22.9 Å². The van der Waals surface area contributed by atoms with Gasteiger partial charge in [0, 0.05) is 25.5 Å². The molecule has 3 aromatic rings. The first-order valence-corrected chi connectivity index (χ1v) is 7.45. The van der Waals surface area contributed by atoms with Gasteiger partial charge in [-0.05, 0) is 20.8 Å². The van der Waals surface area contributed by atoms with Gasteiger partial charge in [0.25, 0.3) is 5.56 Å². The van der Waals surface area contributed by atoms with Gasteiger partial charge in [0.2, 0.25) is 5.78 Å². The fourth-order valence-electron chi connectivity index (χ4n) is 3.09. The molecule has 0 saturated heterocycles. The molecule has 9 heteroatoms. The number of fused-ring (bicyclic) bond motifs is 3. The first-order chi connectivity index (χ1) is 11.2. The fraction of sp³-hybridized carbons (Fsp3) is 0.467. The van der Waals surface area contributed by atoms with E-state index in [-0.39, 0.29) is 5.65 Å². The third kappa shape index (κ3) is 1.81. The molecule has 0 bridgehead atoms. The van der Waals surface area contributed by atoms with E-state index in [4.69, 9.17) is 4.74 Å². The SMILES string of the molecule is COC(=O)C(C)n1c(C)c(C)n2c3c(=O)n(C)c(=O)n(C)c3nc12. The fourth-order valence-corrected chi connectivity index (χ4v) is 3.09. The zero-order valence-electron chi connectivity index (χ0n) is 14.4. The van der Waals surface area contributed by atoms with Crippen molar-refractivity contribution in [3.63, 3.8) is 0 Å². The molecule has 1 atom stereocenters. The summed E-state index contributed by atoms with van der Waals surface area (Å²) >= 11 is 0. The summed E-state index contributed by atoms with van der Waals surface area (Å²) in [7, 11) is 4.32. The van der Waals surface area contributed by atoms with E-state index in [0.29, 0.717) is 11.3 Å². The highest BCUT2D eigenvalue weighted by atomic mass is 16.5. The standard InChI is InChI=1S/C15H19N5O4/c1-7-8(2)20-10-11(17(4)15(23)18(5)12(10)21)16-14(20)19(7)9(3)13(22)24-6/h9H,1-6H3. The number of methoxy groups -OCH3 is 1. The molecule has 3 aromatic heterocycles. The van der Waals surface area contributed by atoms with Crippen molar-refractivity contribution < 1.29 is 9.53 Å². The van der Waals surface area contributed by atoms with Crippen LogP contribution in [0.25, 0.3) is 16.9 Å². The summed E-state index contributed by atoms with van der Waals surface area (Å²) in [5, 5.41) is 0. The molecule has 24 heavy (non-hydrogen) atoms. The van der Waals surface area contributed by atoms with Gasteiger partial charge >= 0.3 is 11.7 Å². The second-order valence-electron chi connectivity index (χ2n) is 5.87. The Kier molecular flexibility index (Phi) is 3.40. The molecular weight excluding hydrogens is 314 g/mol. The van der Waals surface area contributed by atoms with Gasteiger partial charge in [0.05, 0.1) is 7.11 Å². The van der Waals surface area contributed by atoms with E-state index in [0.717, 1.165) is 16.0 Å². The van der Waals surface area contributed by atoms with Gasteiger partial charge in [0.1, 0.15) is 6.04 Å². The van der Waals surface area contributed by atoms with Crippen molar-refractivity contribution in [3.05, 3.63) is 32.2 Å². The maximum atomic E-state index is 12.6. The minimum atomic E-state index is -0.608. The number of aryl methyl sites for hydroxylation is 2. The van der Waals surface area contributed by atoms with E-state index in [1.807, 2.05) is 13.8 Å². The molecule has 0 aliphatic rings. The molecule has 0 N–H and O–H groups in total. The molecular formula is C15H19N5O4. The van der Waals surface area contributed by atoms with Gasteiger partial charge in [-0.2, -0.15) is 4.98 Å². The smallest absolute Gasteiger partial charge is 0.332 e. The van der Waals surface area contributed by atoms with E-state index in [2.05, 4.69) is 4.98 Å². The molecule has 0 fully saturated rings. The minimum Gasteiger partial charge on any atom is -0.467 e. The van der Waals surface area contributed by atoms with Gasteiger partial charge in [0.15, 0.2) is 11.2 Å². The van der Waals surface area contributed by atoms with Crippen molar-refractivity contribution >= 4 is 22.9 Å². The van der Waals surface area contributed by atoms with Crippen LogP contribution in [0, 0.1) is 13.8 Å². The summed E-state index contributed by atoms with van der Waals surface area (Å²) < 4.78 is 10.6. The molecule has 0 spiro atoms. The van der Waals surface area contributed by atoms with E-state index in [9.17, 15) is 14.4 Å². The molecule has 0 aromatic carbocycles. The second-order valence-corrected chi connectivity index (χ2v) is 5.87. The zero-order chi connectivity index (χ0) is 17.9. The Hall–Kier alpha value is -2.84. The largest absolute Gasteiger partial charge is 0.467 e. The Bertz CT molecular complexity index is 1110. The number of carbonyl (C=O) groups is 1. The van der Waals surface area contributed by atoms with Crippen molar-refractivity contribution in [3.8, 4) is 0 Å². The highest BCUT2D eigenvalue weighted by Gasteiger charge is 2.26. The van der Waals surface area contributed by atoms with Crippen molar-refractivity contribution in [2.45, 2.75) is 26.8 Å². The van der Waals surface area contributed by atoms with E-state index in [1.165, 1.54) is 18.7 Å². The summed E-state index contributed by atoms with van der Waals surface area (Å²) in [6.07, 6.45) is 0. The second kappa shape index (κ2) is 5.08. The monoisotopic (exact) mass is 333 g/mol. The Morgan fingerprint density at radius 2 is 1.75 bits per heavy atom. The van der Waals surface area contributed by atoms with Crippen LogP contribution in [-0.4, -0.2) is 36.2 Å². The number of esters is 1. The third-order valence-electron chi connectivity index (χ3n) is 4.61. The Morgan fingerprint density at radius 1 is 1.12 bits per heavy atom. The van der Waals surface area contributed by atoms with Crippen LogP contribution in [0.5, 0.6) is 0 Å². The van der Waals surface area contributed by atoms with Crippen molar-refractivity contribution in [2.75, 3.05) is 7.11 Å². The Balaban J connectivity index is 2.56. The van der Waals surface area contributed by atoms with Crippen LogP contribution >= 0.6 is 0 Å². The van der Waals surface area contributed by atoms with Gasteiger partial charge < -0.3 is 4.74 Å². The number of rotatable bonds is 2. The molecule has 0 aliphatic heterocycles. The highest BCUT2D eigenvalue weighted by molar-refractivity contribution is 5.79. The number of nitrogens with zero attached hydrogens (tertiary/aromatic N) is 5. The number of hydrogen-bond acceptors (Lipinski definition) is 5. The van der Waals surface area contributed by atoms with E-state index in [1.54, 1.807) is 22.9 Å². The van der Waals surface area contributed by atoms with E-state index < -0.39 is 23.3 Å². The number of hydrogen-bond donors (Lipinski definition) is 0. The topological polar surface area (TPSA) is 92.5 Å². The third-order valence-corrected chi connectivity index (χ3v) is 4.61. The Morgan fingerprint density at radius 3 is 2.33 bits per heavy atom. The molecule has 9 nitrogen and oxygen atoms in total. The van der Waals surface area contributed by atoms with Crippen molar-refractivity contribution in [1.82, 2.24) is 23.1 Å². The van der Waals surface area contributed by atoms with Gasteiger partial charge in [-0.25, -0.2) is 9.59 Å². The molecule has 0 radical (unpaired) electrons. The number of aromatic nitrogens is 5. The maximum Gasteiger partial charge on any atom is 0.332 e. The quantitative estimate of drug-likeness (QED) is 0.617. The molecule has 3 heterocycles. The van der Waals surface area contributed by atoms with Crippen LogP contribution in [0.1, 0.15) is 24.4 Å². The summed E-state index contributed by atoms with van der Waals surface area (Å²) in [4.78, 5) is 41.2. The van der Waals surface area contributed by atoms with Crippen LogP contribution in [0.2, 0.25) is 0 Å². The lowest BCUT2D eigenvalue weighted by Gasteiger charge is -2.13. The van der Waals surface area contributed by atoms with Crippen LogP contribution in [-0.2, 0) is 23.6 Å². The summed E-state index contributed by atoms with van der Waals surface area (Å²) in [6.45, 7) is 5.39. The van der Waals surface area contributed by atoms with Crippen LogP contribution < -0.4 is 11.2 Å². The molecule has 0 aliphatic carbocycles. The van der Waals surface area contributed by atoms with Crippen LogP contribution in [0.4, 0.5) is 0 Å². The summed E-state index contributed by atoms with van der Waals surface area (Å²) in [5.74, 6) is 0.0145. The number of imidazole rings is 2. The molecule has 1 unspecified atom stereocenters. The first kappa shape index (κ1) is 16.0. The van der Waals surface area contributed by atoms with Crippen LogP contribution in [0.15, 0.2) is 9.59 Å². The highest BCUT2D eigenvalue weighted by Crippen LogP contribution is 2.24. The minimum absolute atomic E-state index is 0.284. The number of carbonyl (C=O) groups excluding carboxylic acids is 1. The molecule has 3 rings (SSSR count). The lowest BCUT2D eigenvalue weighted by atomic mass is 10.3. The summed E-state index contributed by atoms with van der Waals surface area (Å²) in [5.41, 5.74) is 1.30. The molecule has 0 amide bonds. The summed E-state index contributed by atoms with van der Waals surface area (Å²) in [6, 6.07) is -0.608. The van der Waals surface area contributed by atoms with Gasteiger partial charge in [-0.1, -0.05) is 0 Å². The maximum absolute atomic E-state index is 12.6. The molecule has 128 valence electrons. The zero-order valence-corrected chi connectivity index (χ0v) is 14.4. The van der Waals surface area contributed by atoms with E-state index >= 15 is 0 Å². The molecule has 0 saturated carbocycles.